The molecule has 4 rings (SSSR count). The summed E-state index contributed by atoms with van der Waals surface area (Å²) >= 11 is 0. The minimum atomic E-state index is -1.41. The average Bonchev–Trinajstić information content (AvgIpc) is 2.78. The van der Waals surface area contributed by atoms with Crippen LogP contribution in [0.2, 0.25) is 0 Å². The van der Waals surface area contributed by atoms with Crippen LogP contribution in [0.4, 0.5) is 0 Å². The summed E-state index contributed by atoms with van der Waals surface area (Å²) in [6, 6.07) is 22.9. The number of fused-ring (bicyclic) bond motifs is 1. The first-order valence-electron chi connectivity index (χ1n) is 9.01. The Kier molecular flexibility index (Phi) is 4.72. The molecule has 1 aromatic heterocycles. The Bertz CT molecular complexity index is 1100. The van der Waals surface area contributed by atoms with E-state index >= 15 is 0 Å². The third-order valence-electron chi connectivity index (χ3n) is 5.05. The Hall–Kier alpha value is -3.37. The second-order valence-electron chi connectivity index (χ2n) is 6.58. The second-order valence-corrected chi connectivity index (χ2v) is 6.58. The van der Waals surface area contributed by atoms with E-state index in [1.165, 1.54) is 0 Å². The maximum atomic E-state index is 12.2. The van der Waals surface area contributed by atoms with Crippen LogP contribution < -0.4 is 9.47 Å². The minimum Gasteiger partial charge on any atom is -0.497 e. The van der Waals surface area contributed by atoms with Gasteiger partial charge in [-0.3, -0.25) is 4.98 Å². The Morgan fingerprint density at radius 3 is 2.25 bits per heavy atom. The van der Waals surface area contributed by atoms with Crippen LogP contribution in [0, 0.1) is 0 Å². The molecule has 0 aliphatic rings. The minimum absolute atomic E-state index is 0.678. The lowest BCUT2D eigenvalue weighted by atomic mass is 9.79. The SMILES string of the molecule is COc1ccc(C(O)(c2cccc(OC)c2)c2cncc3ccccc23)cc1. The van der Waals surface area contributed by atoms with Gasteiger partial charge in [0.15, 0.2) is 0 Å². The molecule has 0 amide bonds. The van der Waals surface area contributed by atoms with Gasteiger partial charge >= 0.3 is 0 Å². The Morgan fingerprint density at radius 1 is 0.750 bits per heavy atom. The van der Waals surface area contributed by atoms with Crippen LogP contribution in [0.1, 0.15) is 16.7 Å². The fourth-order valence-corrected chi connectivity index (χ4v) is 3.56. The van der Waals surface area contributed by atoms with Crippen LogP contribution in [0.15, 0.2) is 85.2 Å². The van der Waals surface area contributed by atoms with Crippen molar-refractivity contribution < 1.29 is 14.6 Å². The quantitative estimate of drug-likeness (QED) is 0.560. The standard InChI is InChI=1S/C24H21NO3/c1-27-20-12-10-18(11-13-20)24(26,19-7-5-8-21(14-19)28-2)23-16-25-15-17-6-3-4-9-22(17)23/h3-16,26H,1-2H3. The number of aliphatic hydroxyl groups is 1. The van der Waals surface area contributed by atoms with Crippen LogP contribution in [0.25, 0.3) is 10.8 Å². The predicted octanol–water partition coefficient (Wildman–Crippen LogP) is 4.54. The van der Waals surface area contributed by atoms with Crippen molar-refractivity contribution in [3.63, 3.8) is 0 Å². The van der Waals surface area contributed by atoms with E-state index in [2.05, 4.69) is 4.98 Å². The van der Waals surface area contributed by atoms with Crippen molar-refractivity contribution in [3.05, 3.63) is 102 Å². The summed E-state index contributed by atoms with van der Waals surface area (Å²) in [6.07, 6.45) is 3.53. The molecular formula is C24H21NO3. The van der Waals surface area contributed by atoms with Gasteiger partial charge < -0.3 is 14.6 Å². The molecule has 4 nitrogen and oxygen atoms in total. The van der Waals surface area contributed by atoms with Gasteiger partial charge in [-0.1, -0.05) is 48.5 Å². The number of pyridine rings is 1. The van der Waals surface area contributed by atoms with Gasteiger partial charge in [0, 0.05) is 23.3 Å². The van der Waals surface area contributed by atoms with Gasteiger partial charge in [-0.05, 0) is 40.8 Å². The third kappa shape index (κ3) is 2.98. The summed E-state index contributed by atoms with van der Waals surface area (Å²) in [4.78, 5) is 4.39. The Balaban J connectivity index is 2.02. The number of ether oxygens (including phenoxy) is 2. The molecule has 0 aliphatic heterocycles. The lowest BCUT2D eigenvalue weighted by Gasteiger charge is -2.31. The molecule has 1 unspecified atom stereocenters. The van der Waals surface area contributed by atoms with Gasteiger partial charge in [-0.15, -0.1) is 0 Å². The van der Waals surface area contributed by atoms with Crippen LogP contribution in [-0.4, -0.2) is 24.3 Å². The number of methoxy groups -OCH3 is 2. The fourth-order valence-electron chi connectivity index (χ4n) is 3.56. The maximum Gasteiger partial charge on any atom is 0.142 e. The fraction of sp³-hybridized carbons (Fsp3) is 0.125. The molecule has 1 heterocycles. The van der Waals surface area contributed by atoms with Gasteiger partial charge in [0.05, 0.1) is 14.2 Å². The topological polar surface area (TPSA) is 51.6 Å². The van der Waals surface area contributed by atoms with Crippen LogP contribution in [0.5, 0.6) is 11.5 Å². The van der Waals surface area contributed by atoms with E-state index in [0.29, 0.717) is 16.9 Å². The molecular weight excluding hydrogens is 350 g/mol. The highest BCUT2D eigenvalue weighted by Crippen LogP contribution is 2.41. The van der Waals surface area contributed by atoms with Crippen molar-refractivity contribution in [1.29, 1.82) is 0 Å². The number of aromatic nitrogens is 1. The molecule has 0 saturated carbocycles. The van der Waals surface area contributed by atoms with Gasteiger partial charge in [0.1, 0.15) is 17.1 Å². The van der Waals surface area contributed by atoms with Crippen LogP contribution >= 0.6 is 0 Å². The molecule has 0 saturated heterocycles. The average molecular weight is 371 g/mol. The summed E-state index contributed by atoms with van der Waals surface area (Å²) in [5.74, 6) is 1.41. The van der Waals surface area contributed by atoms with Gasteiger partial charge in [-0.25, -0.2) is 0 Å². The third-order valence-corrected chi connectivity index (χ3v) is 5.05. The highest BCUT2D eigenvalue weighted by Gasteiger charge is 2.36. The molecule has 4 aromatic rings. The Morgan fingerprint density at radius 2 is 1.50 bits per heavy atom. The molecule has 4 heteroatoms. The zero-order chi connectivity index (χ0) is 19.6. The van der Waals surface area contributed by atoms with Crippen molar-refractivity contribution in [3.8, 4) is 11.5 Å². The largest absolute Gasteiger partial charge is 0.497 e. The zero-order valence-corrected chi connectivity index (χ0v) is 15.8. The van der Waals surface area contributed by atoms with E-state index in [-0.39, 0.29) is 0 Å². The summed E-state index contributed by atoms with van der Waals surface area (Å²) in [7, 11) is 3.24. The highest BCUT2D eigenvalue weighted by atomic mass is 16.5. The van der Waals surface area contributed by atoms with Crippen molar-refractivity contribution >= 4 is 10.8 Å². The van der Waals surface area contributed by atoms with Gasteiger partial charge in [0.2, 0.25) is 0 Å². The van der Waals surface area contributed by atoms with E-state index in [4.69, 9.17) is 9.47 Å². The summed E-state index contributed by atoms with van der Waals surface area (Å²) in [6.45, 7) is 0. The molecule has 0 spiro atoms. The lowest BCUT2D eigenvalue weighted by molar-refractivity contribution is 0.126. The van der Waals surface area contributed by atoms with Crippen molar-refractivity contribution in [2.45, 2.75) is 5.60 Å². The van der Waals surface area contributed by atoms with E-state index in [1.54, 1.807) is 26.6 Å². The molecule has 1 atom stereocenters. The van der Waals surface area contributed by atoms with E-state index < -0.39 is 5.60 Å². The van der Waals surface area contributed by atoms with Crippen molar-refractivity contribution in [1.82, 2.24) is 4.98 Å². The first-order chi connectivity index (χ1) is 13.7. The Labute approximate surface area is 164 Å². The van der Waals surface area contributed by atoms with Crippen LogP contribution in [0.3, 0.4) is 0 Å². The smallest absolute Gasteiger partial charge is 0.142 e. The summed E-state index contributed by atoms with van der Waals surface area (Å²) in [5, 5.41) is 14.1. The molecule has 1 N–H and O–H groups in total. The van der Waals surface area contributed by atoms with Gasteiger partial charge in [-0.2, -0.15) is 0 Å². The van der Waals surface area contributed by atoms with Crippen LogP contribution in [-0.2, 0) is 5.60 Å². The number of hydrogen-bond acceptors (Lipinski definition) is 4. The second kappa shape index (κ2) is 7.33. The van der Waals surface area contributed by atoms with E-state index in [0.717, 1.165) is 22.1 Å². The maximum absolute atomic E-state index is 12.2. The number of rotatable bonds is 5. The first kappa shape index (κ1) is 18.0. The summed E-state index contributed by atoms with van der Waals surface area (Å²) in [5.41, 5.74) is 0.730. The highest BCUT2D eigenvalue weighted by molar-refractivity contribution is 5.86. The molecule has 28 heavy (non-hydrogen) atoms. The molecule has 0 bridgehead atoms. The zero-order valence-electron chi connectivity index (χ0n) is 15.8. The van der Waals surface area contributed by atoms with Crippen molar-refractivity contribution in [2.75, 3.05) is 14.2 Å². The molecule has 0 radical (unpaired) electrons. The van der Waals surface area contributed by atoms with Crippen molar-refractivity contribution in [2.24, 2.45) is 0 Å². The van der Waals surface area contributed by atoms with E-state index in [1.807, 2.05) is 72.8 Å². The number of hydrogen-bond donors (Lipinski definition) is 1. The lowest BCUT2D eigenvalue weighted by Crippen LogP contribution is -2.29. The van der Waals surface area contributed by atoms with Gasteiger partial charge in [0.25, 0.3) is 0 Å². The number of benzene rings is 3. The normalized spacial score (nSPS) is 13.1. The first-order valence-corrected chi connectivity index (χ1v) is 9.01. The monoisotopic (exact) mass is 371 g/mol. The molecule has 0 aliphatic carbocycles. The number of nitrogens with zero attached hydrogens (tertiary/aromatic N) is 1. The molecule has 0 fully saturated rings. The molecule has 3 aromatic carbocycles. The predicted molar refractivity (Wildman–Crippen MR) is 110 cm³/mol. The summed E-state index contributed by atoms with van der Waals surface area (Å²) < 4.78 is 10.7. The molecule has 140 valence electrons. The van der Waals surface area contributed by atoms with E-state index in [9.17, 15) is 5.11 Å².